The third kappa shape index (κ3) is 7.57. The number of carbonyl (C=O) groups excluding carboxylic acids is 1. The monoisotopic (exact) mass is 538 g/mol. The minimum Gasteiger partial charge on any atom is -0.496 e. The largest absolute Gasteiger partial charge is 0.496 e. The number of ketones is 1. The van der Waals surface area contributed by atoms with Crippen LogP contribution in [0.3, 0.4) is 0 Å². The van der Waals surface area contributed by atoms with Crippen LogP contribution in [0.1, 0.15) is 48.5 Å². The van der Waals surface area contributed by atoms with Gasteiger partial charge in [0.25, 0.3) is 0 Å². The van der Waals surface area contributed by atoms with E-state index in [-0.39, 0.29) is 53.1 Å². The molecule has 13 heteroatoms. The molecule has 5 N–H and O–H groups in total. The molecule has 2 heterocycles. The summed E-state index contributed by atoms with van der Waals surface area (Å²) in [5.74, 6) is -0.725. The number of hydrogen-bond donors (Lipinski definition) is 4. The lowest BCUT2D eigenvalue weighted by Crippen LogP contribution is -2.44. The number of aromatic nitrogens is 2. The maximum Gasteiger partial charge on any atom is 0.224 e. The van der Waals surface area contributed by atoms with E-state index in [1.807, 2.05) is 6.92 Å². The molecule has 1 aromatic carbocycles. The predicted molar refractivity (Wildman–Crippen MR) is 139 cm³/mol. The van der Waals surface area contributed by atoms with Gasteiger partial charge in [-0.2, -0.15) is 4.98 Å². The smallest absolute Gasteiger partial charge is 0.224 e. The van der Waals surface area contributed by atoms with Crippen LogP contribution in [0, 0.1) is 5.82 Å². The number of halogens is 1. The molecule has 1 fully saturated rings. The van der Waals surface area contributed by atoms with Gasteiger partial charge in [-0.05, 0) is 50.4 Å². The van der Waals surface area contributed by atoms with Crippen LogP contribution in [0.15, 0.2) is 24.4 Å². The van der Waals surface area contributed by atoms with Crippen LogP contribution in [-0.2, 0) is 10.0 Å². The zero-order valence-electron chi connectivity index (χ0n) is 21.1. The third-order valence-electron chi connectivity index (χ3n) is 6.37. The third-order valence-corrected chi connectivity index (χ3v) is 8.33. The molecule has 0 aliphatic carbocycles. The van der Waals surface area contributed by atoms with E-state index in [1.165, 1.54) is 29.7 Å². The Bertz CT molecular complexity index is 1170. The maximum absolute atomic E-state index is 13.7. The first-order valence-corrected chi connectivity index (χ1v) is 13.9. The highest BCUT2D eigenvalue weighted by Gasteiger charge is 2.28. The fourth-order valence-electron chi connectivity index (χ4n) is 4.13. The van der Waals surface area contributed by atoms with Crippen molar-refractivity contribution in [2.24, 2.45) is 0 Å². The van der Waals surface area contributed by atoms with Gasteiger partial charge in [0.15, 0.2) is 0 Å². The normalized spacial score (nSPS) is 15.9. The fourth-order valence-corrected chi connectivity index (χ4v) is 5.67. The van der Waals surface area contributed by atoms with Gasteiger partial charge in [-0.15, -0.1) is 0 Å². The number of ether oxygens (including phenoxy) is 1. The van der Waals surface area contributed by atoms with Crippen LogP contribution in [-0.4, -0.2) is 84.8 Å². The van der Waals surface area contributed by atoms with Gasteiger partial charge in [-0.3, -0.25) is 4.79 Å². The van der Waals surface area contributed by atoms with E-state index in [0.717, 1.165) is 12.5 Å². The quantitative estimate of drug-likeness (QED) is 0.217. The number of nitrogens with zero attached hydrogens (tertiary/aromatic N) is 3. The van der Waals surface area contributed by atoms with Crippen LogP contribution in [0.5, 0.6) is 5.75 Å². The lowest BCUT2D eigenvalue weighted by Gasteiger charge is -2.31. The highest BCUT2D eigenvalue weighted by atomic mass is 32.2. The second kappa shape index (κ2) is 13.1. The molecule has 0 radical (unpaired) electrons. The first-order chi connectivity index (χ1) is 17.7. The van der Waals surface area contributed by atoms with Crippen LogP contribution in [0.2, 0.25) is 0 Å². The molecule has 2 aromatic rings. The molecule has 1 saturated heterocycles. The van der Waals surface area contributed by atoms with E-state index in [0.29, 0.717) is 38.9 Å². The molecule has 1 aliphatic rings. The molecule has 0 bridgehead atoms. The van der Waals surface area contributed by atoms with E-state index in [9.17, 15) is 22.7 Å². The van der Waals surface area contributed by atoms with Crippen molar-refractivity contribution in [3.63, 3.8) is 0 Å². The van der Waals surface area contributed by atoms with E-state index in [2.05, 4.69) is 20.6 Å². The second-order valence-corrected chi connectivity index (χ2v) is 11.0. The number of piperidine rings is 1. The summed E-state index contributed by atoms with van der Waals surface area (Å²) in [7, 11) is -1.99. The van der Waals surface area contributed by atoms with Crippen molar-refractivity contribution in [1.82, 2.24) is 19.6 Å². The van der Waals surface area contributed by atoms with Gasteiger partial charge in [-0.1, -0.05) is 6.92 Å². The molecular weight excluding hydrogens is 503 g/mol. The lowest BCUT2D eigenvalue weighted by atomic mass is 10.0. The van der Waals surface area contributed by atoms with Gasteiger partial charge < -0.3 is 26.2 Å². The van der Waals surface area contributed by atoms with Crippen molar-refractivity contribution in [1.29, 1.82) is 0 Å². The standard InChI is InChI=1S/C24H35FN6O5S/c1-3-17(15-32)27-9-4-12-37(34,35)31-10-7-18(8-11-31)29-24-28-14-20(23(26)30-24)22(33)19-13-16(25)5-6-21(19)36-2/h5-6,13-14,17-18,27,32H,3-4,7-12,15H2,1-2H3,(H3,26,28,29,30). The molecule has 37 heavy (non-hydrogen) atoms. The Balaban J connectivity index is 1.54. The summed E-state index contributed by atoms with van der Waals surface area (Å²) in [4.78, 5) is 21.3. The molecule has 0 amide bonds. The van der Waals surface area contributed by atoms with E-state index in [4.69, 9.17) is 10.5 Å². The number of sulfonamides is 1. The number of hydrogen-bond acceptors (Lipinski definition) is 10. The highest BCUT2D eigenvalue weighted by Crippen LogP contribution is 2.25. The van der Waals surface area contributed by atoms with Crippen LogP contribution < -0.4 is 21.1 Å². The highest BCUT2D eigenvalue weighted by molar-refractivity contribution is 7.89. The molecule has 1 unspecified atom stereocenters. The van der Waals surface area contributed by atoms with Crippen LogP contribution in [0.25, 0.3) is 0 Å². The van der Waals surface area contributed by atoms with Crippen molar-refractivity contribution in [2.45, 2.75) is 44.7 Å². The number of aliphatic hydroxyl groups excluding tert-OH is 1. The van der Waals surface area contributed by atoms with Crippen molar-refractivity contribution in [3.8, 4) is 5.75 Å². The van der Waals surface area contributed by atoms with Crippen molar-refractivity contribution in [3.05, 3.63) is 41.3 Å². The Morgan fingerprint density at radius 2 is 2.05 bits per heavy atom. The zero-order valence-corrected chi connectivity index (χ0v) is 21.9. The number of anilines is 2. The second-order valence-electron chi connectivity index (χ2n) is 8.90. The molecule has 0 saturated carbocycles. The number of aliphatic hydroxyl groups is 1. The van der Waals surface area contributed by atoms with Gasteiger partial charge in [0.05, 0.1) is 30.6 Å². The number of carbonyl (C=O) groups is 1. The van der Waals surface area contributed by atoms with Crippen LogP contribution >= 0.6 is 0 Å². The van der Waals surface area contributed by atoms with E-state index >= 15 is 0 Å². The number of methoxy groups -OCH3 is 1. The summed E-state index contributed by atoms with van der Waals surface area (Å²) >= 11 is 0. The molecule has 1 atom stereocenters. The first-order valence-electron chi connectivity index (χ1n) is 12.3. The van der Waals surface area contributed by atoms with Crippen molar-refractivity contribution in [2.75, 3.05) is 50.2 Å². The molecular formula is C24H35FN6O5S. The molecule has 11 nitrogen and oxygen atoms in total. The molecule has 204 valence electrons. The van der Waals surface area contributed by atoms with Gasteiger partial charge >= 0.3 is 0 Å². The van der Waals surface area contributed by atoms with Gasteiger partial charge in [0, 0.05) is 31.4 Å². The number of nitrogens with two attached hydrogens (primary N) is 1. The zero-order chi connectivity index (χ0) is 27.0. The Morgan fingerprint density at radius 3 is 2.68 bits per heavy atom. The molecule has 0 spiro atoms. The number of nitrogens with one attached hydrogen (secondary N) is 2. The Morgan fingerprint density at radius 1 is 1.32 bits per heavy atom. The van der Waals surface area contributed by atoms with E-state index < -0.39 is 21.6 Å². The van der Waals surface area contributed by atoms with Crippen LogP contribution in [0.4, 0.5) is 16.2 Å². The number of benzene rings is 1. The maximum atomic E-state index is 13.7. The molecule has 1 aliphatic heterocycles. The number of nitrogen functional groups attached to an aromatic ring is 1. The Hall–Kier alpha value is -2.87. The minimum atomic E-state index is -3.37. The lowest BCUT2D eigenvalue weighted by molar-refractivity contribution is 0.103. The summed E-state index contributed by atoms with van der Waals surface area (Å²) in [5.41, 5.74) is 6.05. The SMILES string of the molecule is CCC(CO)NCCCS(=O)(=O)N1CCC(Nc2ncc(C(=O)c3cc(F)ccc3OC)c(N)n2)CC1. The Kier molecular flexibility index (Phi) is 10.1. The van der Waals surface area contributed by atoms with Gasteiger partial charge in [0.1, 0.15) is 17.4 Å². The topological polar surface area (TPSA) is 160 Å². The fraction of sp³-hybridized carbons (Fsp3) is 0.542. The first kappa shape index (κ1) is 28.7. The average Bonchev–Trinajstić information content (AvgIpc) is 2.89. The average molecular weight is 539 g/mol. The Labute approximate surface area is 216 Å². The van der Waals surface area contributed by atoms with Gasteiger partial charge in [-0.25, -0.2) is 22.1 Å². The summed E-state index contributed by atoms with van der Waals surface area (Å²) in [6.07, 6.45) is 3.65. The van der Waals surface area contributed by atoms with Crippen molar-refractivity contribution < 1.29 is 27.4 Å². The summed E-state index contributed by atoms with van der Waals surface area (Å²) in [6, 6.07) is 3.54. The molecule has 1 aromatic heterocycles. The molecule has 3 rings (SSSR count). The number of rotatable bonds is 13. The van der Waals surface area contributed by atoms with Crippen molar-refractivity contribution >= 4 is 27.6 Å². The van der Waals surface area contributed by atoms with E-state index in [1.54, 1.807) is 0 Å². The predicted octanol–water partition coefficient (Wildman–Crippen LogP) is 1.39. The van der Waals surface area contributed by atoms with Gasteiger partial charge in [0.2, 0.25) is 21.8 Å². The minimum absolute atomic E-state index is 0.0152. The summed E-state index contributed by atoms with van der Waals surface area (Å²) < 4.78 is 45.7. The summed E-state index contributed by atoms with van der Waals surface area (Å²) in [6.45, 7) is 3.25. The summed E-state index contributed by atoms with van der Waals surface area (Å²) in [5, 5.41) is 15.5.